The Hall–Kier alpha value is -2.08. The number of hydrogen-bond donors (Lipinski definition) is 0. The van der Waals surface area contributed by atoms with Gasteiger partial charge in [0.05, 0.1) is 19.3 Å². The molecular weight excluding hydrogens is 332 g/mol. The van der Waals surface area contributed by atoms with Gasteiger partial charge in [-0.05, 0) is 50.4 Å². The SMILES string of the molecule is COC(=O)c1cc(OCC2CCC2)cc(C(=O)N2C[C@@H]3C[C@H]2CN3C)c1. The molecule has 0 unspecified atom stereocenters. The van der Waals surface area contributed by atoms with E-state index in [4.69, 9.17) is 9.47 Å². The van der Waals surface area contributed by atoms with E-state index in [2.05, 4.69) is 11.9 Å². The van der Waals surface area contributed by atoms with Crippen molar-refractivity contribution in [1.29, 1.82) is 0 Å². The van der Waals surface area contributed by atoms with Gasteiger partial charge in [0.25, 0.3) is 5.91 Å². The molecule has 1 amide bonds. The highest BCUT2D eigenvalue weighted by atomic mass is 16.5. The van der Waals surface area contributed by atoms with Crippen LogP contribution < -0.4 is 4.74 Å². The predicted molar refractivity (Wildman–Crippen MR) is 96.5 cm³/mol. The van der Waals surface area contributed by atoms with E-state index >= 15 is 0 Å². The van der Waals surface area contributed by atoms with Gasteiger partial charge in [-0.25, -0.2) is 4.79 Å². The molecular formula is C20H26N2O4. The van der Waals surface area contributed by atoms with E-state index in [1.807, 2.05) is 4.90 Å². The molecule has 26 heavy (non-hydrogen) atoms. The van der Waals surface area contributed by atoms with E-state index in [9.17, 15) is 9.59 Å². The van der Waals surface area contributed by atoms with Crippen LogP contribution in [0.1, 0.15) is 46.4 Å². The van der Waals surface area contributed by atoms with Crippen molar-refractivity contribution in [2.45, 2.75) is 37.8 Å². The molecule has 2 atom stereocenters. The first-order valence-corrected chi connectivity index (χ1v) is 9.42. The number of rotatable bonds is 5. The first-order valence-electron chi connectivity index (χ1n) is 9.42. The lowest BCUT2D eigenvalue weighted by molar-refractivity contribution is 0.0600. The number of methoxy groups -OCH3 is 1. The number of likely N-dealkylation sites (N-methyl/N-ethyl adjacent to an activating group) is 1. The molecule has 0 radical (unpaired) electrons. The summed E-state index contributed by atoms with van der Waals surface area (Å²) in [7, 11) is 3.46. The molecule has 0 N–H and O–H groups in total. The fraction of sp³-hybridized carbons (Fsp3) is 0.600. The van der Waals surface area contributed by atoms with E-state index < -0.39 is 5.97 Å². The van der Waals surface area contributed by atoms with Crippen molar-refractivity contribution < 1.29 is 19.1 Å². The summed E-state index contributed by atoms with van der Waals surface area (Å²) >= 11 is 0. The van der Waals surface area contributed by atoms with E-state index in [1.54, 1.807) is 18.2 Å². The van der Waals surface area contributed by atoms with Crippen LogP contribution in [0.5, 0.6) is 5.75 Å². The predicted octanol–water partition coefficient (Wildman–Crippen LogP) is 2.18. The summed E-state index contributed by atoms with van der Waals surface area (Å²) in [6, 6.07) is 5.77. The zero-order chi connectivity index (χ0) is 18.3. The van der Waals surface area contributed by atoms with Gasteiger partial charge in [0, 0.05) is 30.7 Å². The van der Waals surface area contributed by atoms with Crippen LogP contribution in [0.4, 0.5) is 0 Å². The minimum atomic E-state index is -0.448. The van der Waals surface area contributed by atoms with E-state index in [1.165, 1.54) is 26.4 Å². The standard InChI is InChI=1S/C20H26N2O4/c1-21-10-17-9-16(21)11-22(17)19(23)14-6-15(20(24)25-2)8-18(7-14)26-12-13-4-3-5-13/h6-8,13,16-17H,3-5,9-12H2,1-2H3/t16-,17-/m0/s1. The maximum Gasteiger partial charge on any atom is 0.338 e. The third kappa shape index (κ3) is 3.18. The second-order valence-corrected chi connectivity index (χ2v) is 7.79. The average molecular weight is 358 g/mol. The molecule has 2 aliphatic heterocycles. The Bertz CT molecular complexity index is 714. The second-order valence-electron chi connectivity index (χ2n) is 7.79. The Balaban J connectivity index is 1.55. The van der Waals surface area contributed by atoms with Crippen LogP contribution in [0.15, 0.2) is 18.2 Å². The number of amides is 1. The number of hydrogen-bond acceptors (Lipinski definition) is 5. The molecule has 6 nitrogen and oxygen atoms in total. The lowest BCUT2D eigenvalue weighted by Gasteiger charge is -2.32. The number of carbonyl (C=O) groups is 2. The summed E-state index contributed by atoms with van der Waals surface area (Å²) in [4.78, 5) is 29.3. The molecule has 6 heteroatoms. The molecule has 2 heterocycles. The lowest BCUT2D eigenvalue weighted by atomic mass is 9.86. The Morgan fingerprint density at radius 3 is 2.46 bits per heavy atom. The van der Waals surface area contributed by atoms with Crippen molar-refractivity contribution in [3.05, 3.63) is 29.3 Å². The zero-order valence-electron chi connectivity index (χ0n) is 15.4. The molecule has 4 rings (SSSR count). The number of nitrogens with zero attached hydrogens (tertiary/aromatic N) is 2. The van der Waals surface area contributed by atoms with Gasteiger partial charge >= 0.3 is 5.97 Å². The number of fused-ring (bicyclic) bond motifs is 2. The highest BCUT2D eigenvalue weighted by molar-refractivity contribution is 5.99. The first-order chi connectivity index (χ1) is 12.5. The monoisotopic (exact) mass is 358 g/mol. The fourth-order valence-corrected chi connectivity index (χ4v) is 4.20. The highest BCUT2D eigenvalue weighted by Gasteiger charge is 2.43. The van der Waals surface area contributed by atoms with Crippen LogP contribution in [0.3, 0.4) is 0 Å². The Morgan fingerprint density at radius 1 is 1.12 bits per heavy atom. The fourth-order valence-electron chi connectivity index (χ4n) is 4.20. The smallest absolute Gasteiger partial charge is 0.338 e. The van der Waals surface area contributed by atoms with E-state index in [0.29, 0.717) is 35.4 Å². The molecule has 2 saturated heterocycles. The molecule has 2 bridgehead atoms. The first kappa shape index (κ1) is 17.3. The van der Waals surface area contributed by atoms with Gasteiger partial charge in [0.2, 0.25) is 0 Å². The third-order valence-electron chi connectivity index (χ3n) is 6.06. The van der Waals surface area contributed by atoms with Gasteiger partial charge in [-0.15, -0.1) is 0 Å². The second kappa shape index (κ2) is 6.91. The Morgan fingerprint density at radius 2 is 1.88 bits per heavy atom. The maximum atomic E-state index is 13.1. The van der Waals surface area contributed by atoms with Gasteiger partial charge in [0.1, 0.15) is 5.75 Å². The quantitative estimate of drug-likeness (QED) is 0.755. The number of piperazine rings is 1. The van der Waals surface area contributed by atoms with Gasteiger partial charge in [-0.1, -0.05) is 6.42 Å². The normalized spacial score (nSPS) is 25.2. The van der Waals surface area contributed by atoms with Crippen molar-refractivity contribution in [3.8, 4) is 5.75 Å². The van der Waals surface area contributed by atoms with E-state index in [-0.39, 0.29) is 11.9 Å². The molecule has 140 valence electrons. The van der Waals surface area contributed by atoms with Crippen LogP contribution >= 0.6 is 0 Å². The molecule has 0 aromatic heterocycles. The summed E-state index contributed by atoms with van der Waals surface area (Å²) in [5, 5.41) is 0. The van der Waals surface area contributed by atoms with Crippen molar-refractivity contribution in [1.82, 2.24) is 9.80 Å². The molecule has 0 spiro atoms. The number of likely N-dealkylation sites (tertiary alicyclic amines) is 2. The molecule has 1 aliphatic carbocycles. The lowest BCUT2D eigenvalue weighted by Crippen LogP contribution is -2.47. The van der Waals surface area contributed by atoms with Gasteiger partial charge in [0.15, 0.2) is 0 Å². The maximum absolute atomic E-state index is 13.1. The van der Waals surface area contributed by atoms with Gasteiger partial charge in [-0.2, -0.15) is 0 Å². The van der Waals surface area contributed by atoms with Crippen LogP contribution in [-0.2, 0) is 4.74 Å². The van der Waals surface area contributed by atoms with Crippen molar-refractivity contribution in [2.75, 3.05) is 33.9 Å². The minimum absolute atomic E-state index is 0.0233. The van der Waals surface area contributed by atoms with Crippen molar-refractivity contribution in [2.24, 2.45) is 5.92 Å². The summed E-state index contributed by atoms with van der Waals surface area (Å²) < 4.78 is 10.7. The third-order valence-corrected chi connectivity index (χ3v) is 6.06. The van der Waals surface area contributed by atoms with Crippen LogP contribution in [0.2, 0.25) is 0 Å². The van der Waals surface area contributed by atoms with Gasteiger partial charge < -0.3 is 14.4 Å². The number of esters is 1. The van der Waals surface area contributed by atoms with Crippen molar-refractivity contribution in [3.63, 3.8) is 0 Å². The minimum Gasteiger partial charge on any atom is -0.493 e. The van der Waals surface area contributed by atoms with Crippen LogP contribution in [-0.4, -0.2) is 67.6 Å². The number of carbonyl (C=O) groups excluding carboxylic acids is 2. The number of ether oxygens (including phenoxy) is 2. The van der Waals surface area contributed by atoms with Crippen molar-refractivity contribution >= 4 is 11.9 Å². The zero-order valence-corrected chi connectivity index (χ0v) is 15.4. The molecule has 3 fully saturated rings. The molecule has 1 aromatic carbocycles. The Kier molecular flexibility index (Phi) is 4.61. The molecule has 1 aromatic rings. The van der Waals surface area contributed by atoms with Crippen LogP contribution in [0.25, 0.3) is 0 Å². The van der Waals surface area contributed by atoms with E-state index in [0.717, 1.165) is 19.5 Å². The summed E-state index contributed by atoms with van der Waals surface area (Å²) in [5.41, 5.74) is 0.871. The number of benzene rings is 1. The average Bonchev–Trinajstić information content (AvgIpc) is 3.18. The summed E-state index contributed by atoms with van der Waals surface area (Å²) in [6.45, 7) is 2.30. The van der Waals surface area contributed by atoms with Gasteiger partial charge in [-0.3, -0.25) is 9.69 Å². The highest BCUT2D eigenvalue weighted by Crippen LogP contribution is 2.32. The largest absolute Gasteiger partial charge is 0.493 e. The molecule has 3 aliphatic rings. The summed E-state index contributed by atoms with van der Waals surface area (Å²) in [6.07, 6.45) is 4.66. The van der Waals surface area contributed by atoms with Crippen LogP contribution in [0, 0.1) is 5.92 Å². The molecule has 1 saturated carbocycles. The Labute approximate surface area is 154 Å². The summed E-state index contributed by atoms with van der Waals surface area (Å²) in [5.74, 6) is 0.686. The topological polar surface area (TPSA) is 59.1 Å².